The van der Waals surface area contributed by atoms with E-state index in [0.717, 1.165) is 41.5 Å². The SMILES string of the molecule is CCCCCCOc1ccc(C2c3c(-c4cc(C)cc(C)c4O)n[nH]c3C(=O)N2Cc2ccc(F)cc2)cc1OC. The zero-order valence-corrected chi connectivity index (χ0v) is 24.0. The number of aromatic nitrogens is 2. The Morgan fingerprint density at radius 1 is 1.02 bits per heavy atom. The molecule has 0 saturated heterocycles. The van der Waals surface area contributed by atoms with Crippen molar-refractivity contribution in [2.45, 2.75) is 59.0 Å². The lowest BCUT2D eigenvalue weighted by Gasteiger charge is -2.27. The Kier molecular flexibility index (Phi) is 8.28. The highest BCUT2D eigenvalue weighted by molar-refractivity contribution is 6.00. The van der Waals surface area contributed by atoms with Gasteiger partial charge in [0.25, 0.3) is 5.91 Å². The predicted octanol–water partition coefficient (Wildman–Crippen LogP) is 7.25. The van der Waals surface area contributed by atoms with Gasteiger partial charge in [-0.2, -0.15) is 5.10 Å². The minimum Gasteiger partial charge on any atom is -0.507 e. The number of amides is 1. The van der Waals surface area contributed by atoms with Crippen LogP contribution in [0.3, 0.4) is 0 Å². The average molecular weight is 558 g/mol. The maximum atomic E-state index is 13.8. The van der Waals surface area contributed by atoms with Crippen LogP contribution in [0.25, 0.3) is 11.3 Å². The molecule has 0 aliphatic carbocycles. The summed E-state index contributed by atoms with van der Waals surface area (Å²) in [6, 6.07) is 15.1. The van der Waals surface area contributed by atoms with Gasteiger partial charge in [0.05, 0.1) is 19.8 Å². The molecule has 0 spiro atoms. The molecule has 0 bridgehead atoms. The second-order valence-corrected chi connectivity index (χ2v) is 10.6. The van der Waals surface area contributed by atoms with Crippen molar-refractivity contribution in [2.24, 2.45) is 0 Å². The Balaban J connectivity index is 1.58. The Morgan fingerprint density at radius 2 is 1.80 bits per heavy atom. The van der Waals surface area contributed by atoms with Gasteiger partial charge in [0.15, 0.2) is 11.5 Å². The number of carbonyl (C=O) groups excluding carboxylic acids is 1. The smallest absolute Gasteiger partial charge is 0.273 e. The standard InChI is InChI=1S/C33H36FN3O4/c1-5-6-7-8-15-41-26-14-11-23(18-27(26)40-4)31-28-29(25-17-20(2)16-21(3)32(25)38)35-36-30(28)33(39)37(31)19-22-9-12-24(34)13-10-22/h9-14,16-18,31,38H,5-8,15,19H2,1-4H3,(H,35,36). The first-order valence-corrected chi connectivity index (χ1v) is 14.1. The van der Waals surface area contributed by atoms with Crippen molar-refractivity contribution in [1.82, 2.24) is 15.1 Å². The fourth-order valence-electron chi connectivity index (χ4n) is 5.52. The molecule has 1 amide bonds. The number of fused-ring (bicyclic) bond motifs is 1. The van der Waals surface area contributed by atoms with E-state index in [9.17, 15) is 14.3 Å². The first-order chi connectivity index (χ1) is 19.8. The number of aromatic amines is 1. The van der Waals surface area contributed by atoms with E-state index in [-0.39, 0.29) is 24.0 Å². The van der Waals surface area contributed by atoms with Gasteiger partial charge in [0.1, 0.15) is 23.0 Å². The van der Waals surface area contributed by atoms with Crippen LogP contribution in [-0.4, -0.2) is 39.8 Å². The number of methoxy groups -OCH3 is 1. The molecule has 0 radical (unpaired) electrons. The second-order valence-electron chi connectivity index (χ2n) is 10.6. The number of phenols is 1. The number of carbonyl (C=O) groups is 1. The summed E-state index contributed by atoms with van der Waals surface area (Å²) in [7, 11) is 1.60. The first kappa shape index (κ1) is 28.2. The van der Waals surface area contributed by atoms with Crippen molar-refractivity contribution < 1.29 is 23.8 Å². The van der Waals surface area contributed by atoms with Crippen molar-refractivity contribution in [3.63, 3.8) is 0 Å². The maximum Gasteiger partial charge on any atom is 0.273 e. The van der Waals surface area contributed by atoms with Gasteiger partial charge in [0.2, 0.25) is 0 Å². The first-order valence-electron chi connectivity index (χ1n) is 14.1. The highest BCUT2D eigenvalue weighted by Crippen LogP contribution is 2.47. The molecular weight excluding hydrogens is 521 g/mol. The fraction of sp³-hybridized carbons (Fsp3) is 0.333. The highest BCUT2D eigenvalue weighted by atomic mass is 19.1. The molecule has 8 heteroatoms. The summed E-state index contributed by atoms with van der Waals surface area (Å²) in [4.78, 5) is 15.6. The molecule has 41 heavy (non-hydrogen) atoms. The molecule has 1 atom stereocenters. The lowest BCUT2D eigenvalue weighted by Crippen LogP contribution is -2.29. The zero-order chi connectivity index (χ0) is 29.1. The van der Waals surface area contributed by atoms with Gasteiger partial charge >= 0.3 is 0 Å². The van der Waals surface area contributed by atoms with Gasteiger partial charge in [-0.1, -0.05) is 50.5 Å². The molecule has 7 nitrogen and oxygen atoms in total. The molecule has 1 unspecified atom stereocenters. The number of nitrogens with zero attached hydrogens (tertiary/aromatic N) is 2. The summed E-state index contributed by atoms with van der Waals surface area (Å²) in [5, 5.41) is 18.5. The number of hydrogen-bond acceptors (Lipinski definition) is 5. The number of ether oxygens (including phenoxy) is 2. The van der Waals surface area contributed by atoms with Gasteiger partial charge in [-0.05, 0) is 72.9 Å². The van der Waals surface area contributed by atoms with Crippen molar-refractivity contribution in [1.29, 1.82) is 0 Å². The van der Waals surface area contributed by atoms with E-state index in [1.54, 1.807) is 24.1 Å². The topological polar surface area (TPSA) is 87.7 Å². The van der Waals surface area contributed by atoms with E-state index in [1.807, 2.05) is 44.2 Å². The summed E-state index contributed by atoms with van der Waals surface area (Å²) in [6.07, 6.45) is 4.40. The van der Waals surface area contributed by atoms with E-state index in [1.165, 1.54) is 18.6 Å². The van der Waals surface area contributed by atoms with Crippen molar-refractivity contribution in [3.05, 3.63) is 93.9 Å². The average Bonchev–Trinajstić information content (AvgIpc) is 3.50. The number of halogens is 1. The lowest BCUT2D eigenvalue weighted by molar-refractivity contribution is 0.0730. The lowest BCUT2D eigenvalue weighted by atomic mass is 9.93. The Hall–Kier alpha value is -4.33. The molecule has 214 valence electrons. The van der Waals surface area contributed by atoms with Gasteiger partial charge in [-0.15, -0.1) is 0 Å². The molecule has 0 fully saturated rings. The highest BCUT2D eigenvalue weighted by Gasteiger charge is 2.43. The molecule has 3 aromatic carbocycles. The normalized spacial score (nSPS) is 14.4. The summed E-state index contributed by atoms with van der Waals surface area (Å²) in [5.41, 5.74) is 5.40. The van der Waals surface area contributed by atoms with Crippen LogP contribution in [0.1, 0.15) is 77.0 Å². The zero-order valence-electron chi connectivity index (χ0n) is 24.0. The van der Waals surface area contributed by atoms with Crippen LogP contribution in [0.4, 0.5) is 4.39 Å². The monoisotopic (exact) mass is 557 g/mol. The third kappa shape index (κ3) is 5.64. The number of hydrogen-bond donors (Lipinski definition) is 2. The fourth-order valence-corrected chi connectivity index (χ4v) is 5.52. The molecule has 1 aliphatic heterocycles. The quantitative estimate of drug-likeness (QED) is 0.190. The molecular formula is C33H36FN3O4. The predicted molar refractivity (Wildman–Crippen MR) is 156 cm³/mol. The maximum absolute atomic E-state index is 13.8. The summed E-state index contributed by atoms with van der Waals surface area (Å²) in [6.45, 7) is 6.82. The number of benzene rings is 3. The Bertz CT molecular complexity index is 1550. The van der Waals surface area contributed by atoms with E-state index >= 15 is 0 Å². The van der Waals surface area contributed by atoms with Crippen LogP contribution in [0.15, 0.2) is 54.6 Å². The molecule has 2 heterocycles. The van der Waals surface area contributed by atoms with Gasteiger partial charge in [0, 0.05) is 17.7 Å². The molecule has 1 aromatic heterocycles. The van der Waals surface area contributed by atoms with Crippen LogP contribution in [0.2, 0.25) is 0 Å². The minimum atomic E-state index is -0.538. The summed E-state index contributed by atoms with van der Waals surface area (Å²) >= 11 is 0. The van der Waals surface area contributed by atoms with Gasteiger partial charge < -0.3 is 19.5 Å². The molecule has 4 aromatic rings. The number of nitrogens with one attached hydrogen (secondary N) is 1. The summed E-state index contributed by atoms with van der Waals surface area (Å²) in [5.74, 6) is 0.765. The molecule has 1 aliphatic rings. The summed E-state index contributed by atoms with van der Waals surface area (Å²) < 4.78 is 25.4. The van der Waals surface area contributed by atoms with Crippen LogP contribution < -0.4 is 9.47 Å². The largest absolute Gasteiger partial charge is 0.507 e. The van der Waals surface area contributed by atoms with Crippen molar-refractivity contribution >= 4 is 5.91 Å². The van der Waals surface area contributed by atoms with Gasteiger partial charge in [-0.3, -0.25) is 9.89 Å². The number of H-pyrrole nitrogens is 1. The van der Waals surface area contributed by atoms with Crippen LogP contribution in [0.5, 0.6) is 17.2 Å². The van der Waals surface area contributed by atoms with Crippen molar-refractivity contribution in [3.8, 4) is 28.5 Å². The van der Waals surface area contributed by atoms with E-state index in [2.05, 4.69) is 17.1 Å². The number of aryl methyl sites for hydroxylation is 2. The van der Waals surface area contributed by atoms with E-state index in [0.29, 0.717) is 40.6 Å². The molecule has 5 rings (SSSR count). The van der Waals surface area contributed by atoms with Crippen LogP contribution in [-0.2, 0) is 6.54 Å². The second kappa shape index (κ2) is 12.0. The molecule has 0 saturated carbocycles. The molecule has 2 N–H and O–H groups in total. The third-order valence-corrected chi connectivity index (χ3v) is 7.59. The minimum absolute atomic E-state index is 0.123. The van der Waals surface area contributed by atoms with Crippen LogP contribution in [0, 0.1) is 19.7 Å². The number of rotatable bonds is 11. The van der Waals surface area contributed by atoms with Crippen molar-refractivity contribution in [2.75, 3.05) is 13.7 Å². The number of aromatic hydroxyl groups is 1. The van der Waals surface area contributed by atoms with Gasteiger partial charge in [-0.25, -0.2) is 4.39 Å². The number of unbranched alkanes of at least 4 members (excludes halogenated alkanes) is 3. The van der Waals surface area contributed by atoms with Crippen LogP contribution >= 0.6 is 0 Å². The van der Waals surface area contributed by atoms with E-state index < -0.39 is 6.04 Å². The third-order valence-electron chi connectivity index (χ3n) is 7.59. The Labute approximate surface area is 239 Å². The van der Waals surface area contributed by atoms with E-state index in [4.69, 9.17) is 9.47 Å². The number of phenolic OH excluding ortho intramolecular Hbond substituents is 1. The Morgan fingerprint density at radius 3 is 2.54 bits per heavy atom.